The summed E-state index contributed by atoms with van der Waals surface area (Å²) >= 11 is 0. The number of pyridine rings is 1. The number of hydrogen-bond donors (Lipinski definition) is 1. The van der Waals surface area contributed by atoms with E-state index in [1.807, 2.05) is 37.2 Å². The van der Waals surface area contributed by atoms with E-state index in [-0.39, 0.29) is 6.04 Å². The standard InChI is InChI=1S/C14H20N4/c1-4-11-5-6-12(16-10-11)9-13(15-2)14-7-8-17-18(14)3/h5-8,10,13,15H,4,9H2,1-3H3. The Morgan fingerprint density at radius 2 is 2.17 bits per heavy atom. The average molecular weight is 244 g/mol. The topological polar surface area (TPSA) is 42.7 Å². The molecule has 4 heteroatoms. The zero-order valence-corrected chi connectivity index (χ0v) is 11.2. The van der Waals surface area contributed by atoms with Crippen LogP contribution in [0.1, 0.15) is 29.9 Å². The highest BCUT2D eigenvalue weighted by Gasteiger charge is 2.14. The summed E-state index contributed by atoms with van der Waals surface area (Å²) < 4.78 is 1.90. The van der Waals surface area contributed by atoms with Crippen LogP contribution in [0.3, 0.4) is 0 Å². The van der Waals surface area contributed by atoms with Gasteiger partial charge in [-0.2, -0.15) is 5.10 Å². The summed E-state index contributed by atoms with van der Waals surface area (Å²) in [6, 6.07) is 6.55. The maximum atomic E-state index is 4.51. The van der Waals surface area contributed by atoms with Gasteiger partial charge in [0.2, 0.25) is 0 Å². The summed E-state index contributed by atoms with van der Waals surface area (Å²) in [6.07, 6.45) is 5.70. The monoisotopic (exact) mass is 244 g/mol. The summed E-state index contributed by atoms with van der Waals surface area (Å²) in [6.45, 7) is 2.14. The van der Waals surface area contributed by atoms with Crippen molar-refractivity contribution in [3.8, 4) is 0 Å². The van der Waals surface area contributed by atoms with Crippen molar-refractivity contribution in [2.24, 2.45) is 7.05 Å². The minimum Gasteiger partial charge on any atom is -0.311 e. The van der Waals surface area contributed by atoms with Gasteiger partial charge in [0.25, 0.3) is 0 Å². The number of aryl methyl sites for hydroxylation is 2. The molecule has 4 nitrogen and oxygen atoms in total. The third-order valence-electron chi connectivity index (χ3n) is 3.27. The van der Waals surface area contributed by atoms with Gasteiger partial charge in [-0.05, 0) is 31.2 Å². The molecule has 96 valence electrons. The molecule has 0 amide bonds. The van der Waals surface area contributed by atoms with Gasteiger partial charge in [0.1, 0.15) is 0 Å². The van der Waals surface area contributed by atoms with Crippen molar-refractivity contribution in [3.05, 3.63) is 47.5 Å². The van der Waals surface area contributed by atoms with Crippen molar-refractivity contribution in [1.82, 2.24) is 20.1 Å². The van der Waals surface area contributed by atoms with E-state index in [1.54, 1.807) is 0 Å². The first-order valence-corrected chi connectivity index (χ1v) is 6.33. The molecule has 18 heavy (non-hydrogen) atoms. The number of nitrogens with zero attached hydrogens (tertiary/aromatic N) is 3. The van der Waals surface area contributed by atoms with Gasteiger partial charge in [-0.15, -0.1) is 0 Å². The third-order valence-corrected chi connectivity index (χ3v) is 3.27. The zero-order chi connectivity index (χ0) is 13.0. The summed E-state index contributed by atoms with van der Waals surface area (Å²) in [5, 5.41) is 7.53. The Bertz CT molecular complexity index is 487. The normalized spacial score (nSPS) is 12.6. The predicted octanol–water partition coefficient (Wildman–Crippen LogP) is 1.88. The quantitative estimate of drug-likeness (QED) is 0.873. The Hall–Kier alpha value is -1.68. The van der Waals surface area contributed by atoms with Crippen LogP contribution in [-0.4, -0.2) is 21.8 Å². The minimum absolute atomic E-state index is 0.248. The van der Waals surface area contributed by atoms with Crippen LogP contribution in [0.4, 0.5) is 0 Å². The van der Waals surface area contributed by atoms with Crippen molar-refractivity contribution in [1.29, 1.82) is 0 Å². The lowest BCUT2D eigenvalue weighted by molar-refractivity contribution is 0.532. The molecular weight excluding hydrogens is 224 g/mol. The van der Waals surface area contributed by atoms with E-state index in [1.165, 1.54) is 11.3 Å². The Balaban J connectivity index is 2.13. The van der Waals surface area contributed by atoms with Gasteiger partial charge in [-0.1, -0.05) is 13.0 Å². The summed E-state index contributed by atoms with van der Waals surface area (Å²) in [7, 11) is 3.94. The second-order valence-corrected chi connectivity index (χ2v) is 4.44. The van der Waals surface area contributed by atoms with Crippen LogP contribution in [0, 0.1) is 0 Å². The highest BCUT2D eigenvalue weighted by atomic mass is 15.3. The van der Waals surface area contributed by atoms with Gasteiger partial charge in [0.05, 0.1) is 11.7 Å². The first-order chi connectivity index (χ1) is 8.74. The lowest BCUT2D eigenvalue weighted by Crippen LogP contribution is -2.22. The van der Waals surface area contributed by atoms with Crippen LogP contribution in [0.15, 0.2) is 30.6 Å². The van der Waals surface area contributed by atoms with Gasteiger partial charge >= 0.3 is 0 Å². The number of rotatable bonds is 5. The van der Waals surface area contributed by atoms with Crippen molar-refractivity contribution in [2.45, 2.75) is 25.8 Å². The van der Waals surface area contributed by atoms with Crippen molar-refractivity contribution in [2.75, 3.05) is 7.05 Å². The molecule has 0 spiro atoms. The molecule has 2 aromatic heterocycles. The second kappa shape index (κ2) is 5.78. The van der Waals surface area contributed by atoms with Gasteiger partial charge in [0.15, 0.2) is 0 Å². The largest absolute Gasteiger partial charge is 0.311 e. The highest BCUT2D eigenvalue weighted by Crippen LogP contribution is 2.16. The van der Waals surface area contributed by atoms with E-state index in [4.69, 9.17) is 0 Å². The molecule has 0 aliphatic rings. The molecule has 0 saturated heterocycles. The number of nitrogens with one attached hydrogen (secondary N) is 1. The van der Waals surface area contributed by atoms with E-state index in [2.05, 4.69) is 34.5 Å². The van der Waals surface area contributed by atoms with E-state index >= 15 is 0 Å². The smallest absolute Gasteiger partial charge is 0.0554 e. The molecule has 0 aliphatic heterocycles. The molecule has 1 N–H and O–H groups in total. The third kappa shape index (κ3) is 2.76. The van der Waals surface area contributed by atoms with Crippen molar-refractivity contribution in [3.63, 3.8) is 0 Å². The van der Waals surface area contributed by atoms with E-state index in [9.17, 15) is 0 Å². The summed E-state index contributed by atoms with van der Waals surface area (Å²) in [4.78, 5) is 4.51. The van der Waals surface area contributed by atoms with Gasteiger partial charge in [-0.3, -0.25) is 9.67 Å². The maximum absolute atomic E-state index is 4.51. The molecule has 2 rings (SSSR count). The molecule has 2 aromatic rings. The molecular formula is C14H20N4. The summed E-state index contributed by atoms with van der Waals surface area (Å²) in [5.74, 6) is 0. The SMILES string of the molecule is CCc1ccc(CC(NC)c2ccnn2C)nc1. The van der Waals surface area contributed by atoms with Gasteiger partial charge < -0.3 is 5.32 Å². The molecule has 0 radical (unpaired) electrons. The molecule has 0 aliphatic carbocycles. The van der Waals surface area contributed by atoms with Crippen LogP contribution >= 0.6 is 0 Å². The van der Waals surface area contributed by atoms with Gasteiger partial charge in [-0.25, -0.2) is 0 Å². The zero-order valence-electron chi connectivity index (χ0n) is 11.2. The van der Waals surface area contributed by atoms with Gasteiger partial charge in [0, 0.05) is 31.6 Å². The predicted molar refractivity (Wildman–Crippen MR) is 72.3 cm³/mol. The first kappa shape index (κ1) is 12.8. The number of likely N-dealkylation sites (N-methyl/N-ethyl adjacent to an activating group) is 1. The fourth-order valence-corrected chi connectivity index (χ4v) is 2.07. The first-order valence-electron chi connectivity index (χ1n) is 6.33. The van der Waals surface area contributed by atoms with Crippen LogP contribution in [0.5, 0.6) is 0 Å². The van der Waals surface area contributed by atoms with Crippen LogP contribution in [0.25, 0.3) is 0 Å². The average Bonchev–Trinajstić information content (AvgIpc) is 2.83. The fourth-order valence-electron chi connectivity index (χ4n) is 2.07. The minimum atomic E-state index is 0.248. The fraction of sp³-hybridized carbons (Fsp3) is 0.429. The molecule has 1 unspecified atom stereocenters. The highest BCUT2D eigenvalue weighted by molar-refractivity contribution is 5.17. The van der Waals surface area contributed by atoms with E-state index in [0.717, 1.165) is 18.5 Å². The van der Waals surface area contributed by atoms with E-state index in [0.29, 0.717) is 0 Å². The van der Waals surface area contributed by atoms with Crippen LogP contribution in [0.2, 0.25) is 0 Å². The Kier molecular flexibility index (Phi) is 4.10. The van der Waals surface area contributed by atoms with Crippen molar-refractivity contribution < 1.29 is 0 Å². The number of hydrogen-bond acceptors (Lipinski definition) is 3. The van der Waals surface area contributed by atoms with E-state index < -0.39 is 0 Å². The Labute approximate surface area is 108 Å². The molecule has 0 aromatic carbocycles. The lowest BCUT2D eigenvalue weighted by atomic mass is 10.1. The second-order valence-electron chi connectivity index (χ2n) is 4.44. The summed E-state index contributed by atoms with van der Waals surface area (Å²) in [5.41, 5.74) is 3.56. The van der Waals surface area contributed by atoms with Crippen LogP contribution in [-0.2, 0) is 19.9 Å². The molecule has 2 heterocycles. The Morgan fingerprint density at radius 3 is 2.67 bits per heavy atom. The van der Waals surface area contributed by atoms with Crippen molar-refractivity contribution >= 4 is 0 Å². The lowest BCUT2D eigenvalue weighted by Gasteiger charge is -2.16. The maximum Gasteiger partial charge on any atom is 0.0554 e. The molecule has 1 atom stereocenters. The Morgan fingerprint density at radius 1 is 1.33 bits per heavy atom. The van der Waals surface area contributed by atoms with Crippen LogP contribution < -0.4 is 5.32 Å². The molecule has 0 saturated carbocycles. The molecule has 0 bridgehead atoms. The molecule has 0 fully saturated rings. The number of aromatic nitrogens is 3.